The van der Waals surface area contributed by atoms with Gasteiger partial charge in [0.2, 0.25) is 0 Å². The Morgan fingerprint density at radius 1 is 1.37 bits per heavy atom. The number of carbonyl (C=O) groups excluding carboxylic acids is 1. The zero-order valence-electron chi connectivity index (χ0n) is 11.4. The van der Waals surface area contributed by atoms with Crippen LogP contribution < -0.4 is 5.32 Å². The molecule has 106 valence electrons. The Kier molecular flexibility index (Phi) is 5.97. The lowest BCUT2D eigenvalue weighted by Crippen LogP contribution is -2.34. The minimum absolute atomic E-state index is 0.0680. The van der Waals surface area contributed by atoms with Crippen LogP contribution in [0.2, 0.25) is 0 Å². The molecule has 1 atom stereocenters. The monoisotopic (exact) mass is 329 g/mol. The van der Waals surface area contributed by atoms with Gasteiger partial charge in [-0.15, -0.1) is 0 Å². The Morgan fingerprint density at radius 2 is 1.95 bits per heavy atom. The van der Waals surface area contributed by atoms with Crippen LogP contribution in [0.1, 0.15) is 32.4 Å². The zero-order chi connectivity index (χ0) is 14.5. The quantitative estimate of drug-likeness (QED) is 0.814. The van der Waals surface area contributed by atoms with Crippen LogP contribution >= 0.6 is 15.9 Å². The molecule has 1 aromatic carbocycles. The summed E-state index contributed by atoms with van der Waals surface area (Å²) in [6.45, 7) is 5.46. The maximum Gasteiger partial charge on any atom is 0.320 e. The number of hydrogen-bond donors (Lipinski definition) is 2. The maximum absolute atomic E-state index is 11.6. The van der Waals surface area contributed by atoms with E-state index in [2.05, 4.69) is 21.2 Å². The number of rotatable bonds is 5. The first-order valence-electron chi connectivity index (χ1n) is 6.13. The Hall–Kier alpha value is -0.910. The number of ether oxygens (including phenoxy) is 1. The van der Waals surface area contributed by atoms with E-state index in [0.29, 0.717) is 0 Å². The summed E-state index contributed by atoms with van der Waals surface area (Å²) in [7, 11) is 0. The molecule has 0 amide bonds. The summed E-state index contributed by atoms with van der Waals surface area (Å²) in [5, 5.41) is 12.4. The normalized spacial score (nSPS) is 13.1. The van der Waals surface area contributed by atoms with Crippen LogP contribution in [0.15, 0.2) is 28.7 Å². The largest absolute Gasteiger partial charge is 0.459 e. The molecule has 0 fully saturated rings. The van der Waals surface area contributed by atoms with Crippen LogP contribution in [-0.2, 0) is 9.53 Å². The highest BCUT2D eigenvalue weighted by Gasteiger charge is 2.17. The highest BCUT2D eigenvalue weighted by atomic mass is 79.9. The highest BCUT2D eigenvalue weighted by Crippen LogP contribution is 2.16. The molecule has 0 aliphatic carbocycles. The van der Waals surface area contributed by atoms with Gasteiger partial charge >= 0.3 is 5.97 Å². The standard InChI is InChI=1S/C14H20BrNO3/c1-14(2,3)19-13(18)8-16-12(9-17)10-4-6-11(15)7-5-10/h4-7,12,16-17H,8-9H2,1-3H3/t12-/m0/s1. The lowest BCUT2D eigenvalue weighted by Gasteiger charge is -2.21. The summed E-state index contributed by atoms with van der Waals surface area (Å²) in [5.41, 5.74) is 0.430. The third kappa shape index (κ3) is 6.18. The molecule has 0 spiro atoms. The average molecular weight is 330 g/mol. The first kappa shape index (κ1) is 16.1. The van der Waals surface area contributed by atoms with Crippen LogP contribution in [0.25, 0.3) is 0 Å². The highest BCUT2D eigenvalue weighted by molar-refractivity contribution is 9.10. The number of aliphatic hydroxyl groups is 1. The van der Waals surface area contributed by atoms with Crippen molar-refractivity contribution in [3.05, 3.63) is 34.3 Å². The van der Waals surface area contributed by atoms with Crippen molar-refractivity contribution in [3.8, 4) is 0 Å². The van der Waals surface area contributed by atoms with Gasteiger partial charge in [0.25, 0.3) is 0 Å². The number of benzene rings is 1. The van der Waals surface area contributed by atoms with Gasteiger partial charge in [-0.1, -0.05) is 28.1 Å². The van der Waals surface area contributed by atoms with E-state index in [4.69, 9.17) is 4.74 Å². The third-order valence-corrected chi connectivity index (χ3v) is 2.90. The smallest absolute Gasteiger partial charge is 0.320 e. The predicted octanol–water partition coefficient (Wildman–Crippen LogP) is 2.41. The molecule has 0 aliphatic heterocycles. The molecule has 4 nitrogen and oxygen atoms in total. The van der Waals surface area contributed by atoms with E-state index in [0.717, 1.165) is 10.0 Å². The summed E-state index contributed by atoms with van der Waals surface area (Å²) < 4.78 is 6.17. The molecule has 0 saturated carbocycles. The molecule has 5 heteroatoms. The molecule has 0 radical (unpaired) electrons. The van der Waals surface area contributed by atoms with Crippen molar-refractivity contribution in [2.45, 2.75) is 32.4 Å². The van der Waals surface area contributed by atoms with E-state index in [1.54, 1.807) is 0 Å². The second-order valence-electron chi connectivity index (χ2n) is 5.25. The number of hydrogen-bond acceptors (Lipinski definition) is 4. The summed E-state index contributed by atoms with van der Waals surface area (Å²) in [5.74, 6) is -0.330. The fourth-order valence-electron chi connectivity index (χ4n) is 1.57. The minimum Gasteiger partial charge on any atom is -0.459 e. The summed E-state index contributed by atoms with van der Waals surface area (Å²) in [4.78, 5) is 11.6. The van der Waals surface area contributed by atoms with Crippen molar-refractivity contribution in [1.29, 1.82) is 0 Å². The molecule has 0 aromatic heterocycles. The van der Waals surface area contributed by atoms with Gasteiger partial charge in [-0.25, -0.2) is 0 Å². The topological polar surface area (TPSA) is 58.6 Å². The molecule has 1 aromatic rings. The van der Waals surface area contributed by atoms with Crippen LogP contribution in [0.4, 0.5) is 0 Å². The Bertz CT molecular complexity index is 412. The molecule has 0 unspecified atom stereocenters. The molecule has 0 saturated heterocycles. The molecule has 1 rings (SSSR count). The molecular formula is C14H20BrNO3. The molecular weight excluding hydrogens is 310 g/mol. The van der Waals surface area contributed by atoms with Crippen molar-refractivity contribution in [1.82, 2.24) is 5.32 Å². The van der Waals surface area contributed by atoms with Crippen LogP contribution in [0.5, 0.6) is 0 Å². The summed E-state index contributed by atoms with van der Waals surface area (Å²) in [6, 6.07) is 7.31. The van der Waals surface area contributed by atoms with E-state index >= 15 is 0 Å². The van der Waals surface area contributed by atoms with Gasteiger partial charge in [0, 0.05) is 4.47 Å². The predicted molar refractivity (Wildman–Crippen MR) is 77.8 cm³/mol. The fraction of sp³-hybridized carbons (Fsp3) is 0.500. The van der Waals surface area contributed by atoms with Gasteiger partial charge in [0.05, 0.1) is 19.2 Å². The molecule has 0 bridgehead atoms. The zero-order valence-corrected chi connectivity index (χ0v) is 13.0. The number of esters is 1. The summed E-state index contributed by atoms with van der Waals surface area (Å²) in [6.07, 6.45) is 0. The number of nitrogens with one attached hydrogen (secondary N) is 1. The van der Waals surface area contributed by atoms with Gasteiger partial charge in [-0.2, -0.15) is 0 Å². The average Bonchev–Trinajstić information content (AvgIpc) is 2.29. The van der Waals surface area contributed by atoms with Gasteiger partial charge in [0.1, 0.15) is 5.60 Å². The fourth-order valence-corrected chi connectivity index (χ4v) is 1.83. The van der Waals surface area contributed by atoms with Crippen LogP contribution in [-0.4, -0.2) is 29.8 Å². The van der Waals surface area contributed by atoms with Gasteiger partial charge in [-0.05, 0) is 38.5 Å². The number of aliphatic hydroxyl groups excluding tert-OH is 1. The minimum atomic E-state index is -0.495. The van der Waals surface area contributed by atoms with Crippen molar-refractivity contribution >= 4 is 21.9 Å². The Labute approximate surface area is 122 Å². The molecule has 0 heterocycles. The van der Waals surface area contributed by atoms with E-state index in [9.17, 15) is 9.90 Å². The number of halogens is 1. The Morgan fingerprint density at radius 3 is 2.42 bits per heavy atom. The number of carbonyl (C=O) groups is 1. The first-order chi connectivity index (χ1) is 8.81. The van der Waals surface area contributed by atoms with Gasteiger partial charge in [-0.3, -0.25) is 10.1 Å². The maximum atomic E-state index is 11.6. The SMILES string of the molecule is CC(C)(C)OC(=O)CN[C@@H](CO)c1ccc(Br)cc1. The molecule has 2 N–H and O–H groups in total. The van der Waals surface area contributed by atoms with E-state index in [1.807, 2.05) is 45.0 Å². The van der Waals surface area contributed by atoms with Gasteiger partial charge < -0.3 is 9.84 Å². The first-order valence-corrected chi connectivity index (χ1v) is 6.92. The summed E-state index contributed by atoms with van der Waals surface area (Å²) >= 11 is 3.35. The molecule has 0 aliphatic rings. The Balaban J connectivity index is 2.54. The molecule has 19 heavy (non-hydrogen) atoms. The van der Waals surface area contributed by atoms with E-state index < -0.39 is 5.60 Å². The lowest BCUT2D eigenvalue weighted by molar-refractivity contribution is -0.153. The third-order valence-electron chi connectivity index (χ3n) is 2.37. The second-order valence-corrected chi connectivity index (χ2v) is 6.17. The van der Waals surface area contributed by atoms with E-state index in [1.165, 1.54) is 0 Å². The van der Waals surface area contributed by atoms with E-state index in [-0.39, 0.29) is 25.2 Å². The van der Waals surface area contributed by atoms with Crippen LogP contribution in [0.3, 0.4) is 0 Å². The van der Waals surface area contributed by atoms with Crippen molar-refractivity contribution in [2.24, 2.45) is 0 Å². The van der Waals surface area contributed by atoms with Gasteiger partial charge in [0.15, 0.2) is 0 Å². The van der Waals surface area contributed by atoms with Crippen molar-refractivity contribution in [2.75, 3.05) is 13.2 Å². The second kappa shape index (κ2) is 7.03. The van der Waals surface area contributed by atoms with Crippen molar-refractivity contribution in [3.63, 3.8) is 0 Å². The van der Waals surface area contributed by atoms with Crippen LogP contribution in [0, 0.1) is 0 Å². The van der Waals surface area contributed by atoms with Crippen molar-refractivity contribution < 1.29 is 14.6 Å². The lowest BCUT2D eigenvalue weighted by atomic mass is 10.1.